The molecular weight excluding hydrogens is 408 g/mol. The number of esters is 1. The number of nitrogens with zero attached hydrogens (tertiary/aromatic N) is 3. The number of ether oxygens (including phenoxy) is 2. The topological polar surface area (TPSA) is 95.3 Å². The molecule has 0 unspecified atom stereocenters. The van der Waals surface area contributed by atoms with Crippen LogP contribution in [0.4, 0.5) is 5.69 Å². The largest absolute Gasteiger partial charge is 0.497 e. The van der Waals surface area contributed by atoms with Gasteiger partial charge in [-0.1, -0.05) is 42.5 Å². The molecule has 0 aliphatic rings. The van der Waals surface area contributed by atoms with Crippen LogP contribution in [0.25, 0.3) is 17.1 Å². The number of para-hydroxylation sites is 1. The van der Waals surface area contributed by atoms with E-state index in [9.17, 15) is 9.59 Å². The number of rotatable bonds is 6. The van der Waals surface area contributed by atoms with Gasteiger partial charge in [-0.3, -0.25) is 4.79 Å². The van der Waals surface area contributed by atoms with Gasteiger partial charge in [0, 0.05) is 5.56 Å². The Hall–Kier alpha value is -4.46. The minimum atomic E-state index is -0.553. The maximum atomic E-state index is 13.0. The molecule has 0 spiro atoms. The highest BCUT2D eigenvalue weighted by molar-refractivity contribution is 6.06. The molecule has 3 aromatic carbocycles. The van der Waals surface area contributed by atoms with E-state index in [1.165, 1.54) is 7.11 Å². The van der Waals surface area contributed by atoms with E-state index in [1.54, 1.807) is 48.2 Å². The highest BCUT2D eigenvalue weighted by atomic mass is 16.5. The number of benzene rings is 3. The van der Waals surface area contributed by atoms with Crippen molar-refractivity contribution in [3.05, 3.63) is 90.3 Å². The van der Waals surface area contributed by atoms with Crippen LogP contribution in [0.2, 0.25) is 0 Å². The molecule has 1 aromatic heterocycles. The van der Waals surface area contributed by atoms with E-state index in [2.05, 4.69) is 15.4 Å². The molecule has 0 saturated carbocycles. The van der Waals surface area contributed by atoms with E-state index in [-0.39, 0.29) is 11.4 Å². The normalized spacial score (nSPS) is 10.4. The Kier molecular flexibility index (Phi) is 5.94. The third-order valence-electron chi connectivity index (χ3n) is 4.74. The average molecular weight is 428 g/mol. The molecule has 0 radical (unpaired) electrons. The third kappa shape index (κ3) is 4.20. The number of hydrogen-bond acceptors (Lipinski definition) is 6. The summed E-state index contributed by atoms with van der Waals surface area (Å²) in [5.41, 5.74) is 2.06. The summed E-state index contributed by atoms with van der Waals surface area (Å²) in [5, 5.41) is 7.15. The van der Waals surface area contributed by atoms with Gasteiger partial charge in [0.25, 0.3) is 5.91 Å². The van der Waals surface area contributed by atoms with Crippen molar-refractivity contribution in [2.45, 2.75) is 0 Å². The van der Waals surface area contributed by atoms with Gasteiger partial charge in [-0.2, -0.15) is 0 Å². The smallest absolute Gasteiger partial charge is 0.339 e. The van der Waals surface area contributed by atoms with Gasteiger partial charge >= 0.3 is 5.97 Å². The molecule has 1 amide bonds. The Balaban J connectivity index is 1.73. The van der Waals surface area contributed by atoms with Crippen molar-refractivity contribution in [1.82, 2.24) is 14.8 Å². The lowest BCUT2D eigenvalue weighted by Gasteiger charge is -2.08. The summed E-state index contributed by atoms with van der Waals surface area (Å²) in [6.45, 7) is 0. The fraction of sp³-hybridized carbons (Fsp3) is 0.0833. The van der Waals surface area contributed by atoms with E-state index >= 15 is 0 Å². The molecule has 32 heavy (non-hydrogen) atoms. The Bertz CT molecular complexity index is 1250. The van der Waals surface area contributed by atoms with Crippen LogP contribution >= 0.6 is 0 Å². The molecule has 0 bridgehead atoms. The minimum absolute atomic E-state index is 0.0423. The number of amides is 1. The first-order valence-electron chi connectivity index (χ1n) is 9.76. The predicted molar refractivity (Wildman–Crippen MR) is 119 cm³/mol. The first-order chi connectivity index (χ1) is 15.6. The van der Waals surface area contributed by atoms with Crippen LogP contribution in [0, 0.1) is 0 Å². The summed E-state index contributed by atoms with van der Waals surface area (Å²) in [6, 6.07) is 23.3. The second kappa shape index (κ2) is 9.13. The van der Waals surface area contributed by atoms with Crippen LogP contribution < -0.4 is 10.1 Å². The van der Waals surface area contributed by atoms with Gasteiger partial charge in [-0.25, -0.2) is 14.5 Å². The van der Waals surface area contributed by atoms with Crippen LogP contribution in [-0.2, 0) is 4.74 Å². The molecule has 1 N–H and O–H groups in total. The SMILES string of the molecule is COC(=O)c1ccccc1NC(=O)c1nc(-c2ccccc2)n(-c2ccc(OC)cc2)n1. The molecule has 0 atom stereocenters. The van der Waals surface area contributed by atoms with Crippen molar-refractivity contribution in [3.8, 4) is 22.8 Å². The number of aromatic nitrogens is 3. The van der Waals surface area contributed by atoms with Gasteiger partial charge in [-0.05, 0) is 36.4 Å². The second-order valence-corrected chi connectivity index (χ2v) is 6.73. The van der Waals surface area contributed by atoms with Crippen molar-refractivity contribution in [1.29, 1.82) is 0 Å². The Morgan fingerprint density at radius 1 is 0.875 bits per heavy atom. The lowest BCUT2D eigenvalue weighted by Crippen LogP contribution is -2.17. The van der Waals surface area contributed by atoms with Crippen molar-refractivity contribution in [3.63, 3.8) is 0 Å². The van der Waals surface area contributed by atoms with E-state index in [4.69, 9.17) is 9.47 Å². The van der Waals surface area contributed by atoms with E-state index < -0.39 is 11.9 Å². The van der Waals surface area contributed by atoms with Crippen molar-refractivity contribution >= 4 is 17.6 Å². The molecule has 8 nitrogen and oxygen atoms in total. The Morgan fingerprint density at radius 2 is 1.56 bits per heavy atom. The van der Waals surface area contributed by atoms with Crippen LogP contribution in [0.3, 0.4) is 0 Å². The zero-order valence-electron chi connectivity index (χ0n) is 17.5. The monoisotopic (exact) mass is 428 g/mol. The molecule has 4 aromatic rings. The first-order valence-corrected chi connectivity index (χ1v) is 9.76. The van der Waals surface area contributed by atoms with E-state index in [0.717, 1.165) is 5.56 Å². The molecule has 160 valence electrons. The van der Waals surface area contributed by atoms with Gasteiger partial charge < -0.3 is 14.8 Å². The van der Waals surface area contributed by atoms with Crippen LogP contribution in [-0.4, -0.2) is 40.9 Å². The molecule has 0 aliphatic heterocycles. The van der Waals surface area contributed by atoms with Crippen LogP contribution in [0.15, 0.2) is 78.9 Å². The van der Waals surface area contributed by atoms with Gasteiger partial charge in [0.2, 0.25) is 5.82 Å². The Labute approximate surface area is 184 Å². The third-order valence-corrected chi connectivity index (χ3v) is 4.74. The zero-order valence-corrected chi connectivity index (χ0v) is 17.5. The minimum Gasteiger partial charge on any atom is -0.497 e. The summed E-state index contributed by atoms with van der Waals surface area (Å²) >= 11 is 0. The molecular formula is C24H20N4O4. The summed E-state index contributed by atoms with van der Waals surface area (Å²) in [4.78, 5) is 29.5. The Morgan fingerprint density at radius 3 is 2.25 bits per heavy atom. The summed E-state index contributed by atoms with van der Waals surface area (Å²) < 4.78 is 11.6. The second-order valence-electron chi connectivity index (χ2n) is 6.73. The lowest BCUT2D eigenvalue weighted by molar-refractivity contribution is 0.0602. The lowest BCUT2D eigenvalue weighted by atomic mass is 10.2. The van der Waals surface area contributed by atoms with E-state index in [0.29, 0.717) is 22.9 Å². The number of hydrogen-bond donors (Lipinski definition) is 1. The summed E-state index contributed by atoms with van der Waals surface area (Å²) in [5.74, 6) is 0.0578. The molecule has 0 aliphatic carbocycles. The maximum Gasteiger partial charge on any atom is 0.339 e. The van der Waals surface area contributed by atoms with Crippen LogP contribution in [0.5, 0.6) is 5.75 Å². The van der Waals surface area contributed by atoms with E-state index in [1.807, 2.05) is 42.5 Å². The number of anilines is 1. The van der Waals surface area contributed by atoms with Crippen molar-refractivity contribution in [2.24, 2.45) is 0 Å². The number of carbonyl (C=O) groups is 2. The summed E-state index contributed by atoms with van der Waals surface area (Å²) in [6.07, 6.45) is 0. The molecule has 0 saturated heterocycles. The van der Waals surface area contributed by atoms with Crippen LogP contribution in [0.1, 0.15) is 21.0 Å². The number of carbonyl (C=O) groups excluding carboxylic acids is 2. The molecule has 1 heterocycles. The summed E-state index contributed by atoms with van der Waals surface area (Å²) in [7, 11) is 2.87. The maximum absolute atomic E-state index is 13.0. The number of methoxy groups -OCH3 is 2. The number of nitrogens with one attached hydrogen (secondary N) is 1. The zero-order chi connectivity index (χ0) is 22.5. The quantitative estimate of drug-likeness (QED) is 0.467. The first kappa shape index (κ1) is 20.8. The molecule has 0 fully saturated rings. The average Bonchev–Trinajstić information content (AvgIpc) is 3.30. The van der Waals surface area contributed by atoms with Gasteiger partial charge in [0.1, 0.15) is 5.75 Å². The standard InChI is InChI=1S/C24H20N4O4/c1-31-18-14-12-17(13-15-18)28-22(16-8-4-3-5-9-16)26-21(27-28)23(29)25-20-11-7-6-10-19(20)24(30)32-2/h3-15H,1-2H3,(H,25,29). The van der Waals surface area contributed by atoms with Crippen molar-refractivity contribution in [2.75, 3.05) is 19.5 Å². The highest BCUT2D eigenvalue weighted by Gasteiger charge is 2.21. The van der Waals surface area contributed by atoms with Gasteiger partial charge in [-0.15, -0.1) is 5.10 Å². The fourth-order valence-corrected chi connectivity index (χ4v) is 3.14. The molecule has 8 heteroatoms. The fourth-order valence-electron chi connectivity index (χ4n) is 3.14. The van der Waals surface area contributed by atoms with Gasteiger partial charge in [0.15, 0.2) is 5.82 Å². The van der Waals surface area contributed by atoms with Gasteiger partial charge in [0.05, 0.1) is 31.2 Å². The van der Waals surface area contributed by atoms with Crippen molar-refractivity contribution < 1.29 is 19.1 Å². The highest BCUT2D eigenvalue weighted by Crippen LogP contribution is 2.23. The molecule has 4 rings (SSSR count). The predicted octanol–water partition coefficient (Wildman–Crippen LogP) is 3.98.